The molecule has 1 aliphatic carbocycles. The number of carbonyl (C=O) groups is 1. The number of anilines is 1. The van der Waals surface area contributed by atoms with Crippen LogP contribution < -0.4 is 11.1 Å². The van der Waals surface area contributed by atoms with Crippen molar-refractivity contribution in [2.75, 3.05) is 5.73 Å². The van der Waals surface area contributed by atoms with Crippen LogP contribution in [0, 0.1) is 17.6 Å². The van der Waals surface area contributed by atoms with Gasteiger partial charge in [0, 0.05) is 11.6 Å². The summed E-state index contributed by atoms with van der Waals surface area (Å²) in [6, 6.07) is 1.95. The van der Waals surface area contributed by atoms with E-state index >= 15 is 0 Å². The van der Waals surface area contributed by atoms with Crippen LogP contribution in [0.5, 0.6) is 0 Å². The Morgan fingerprint density at radius 1 is 1.32 bits per heavy atom. The van der Waals surface area contributed by atoms with Crippen molar-refractivity contribution in [3.8, 4) is 0 Å². The topological polar surface area (TPSA) is 55.1 Å². The van der Waals surface area contributed by atoms with Gasteiger partial charge in [0.25, 0.3) is 5.91 Å². The van der Waals surface area contributed by atoms with E-state index in [4.69, 9.17) is 5.73 Å². The molecule has 1 aromatic rings. The van der Waals surface area contributed by atoms with E-state index in [9.17, 15) is 13.6 Å². The van der Waals surface area contributed by atoms with Gasteiger partial charge in [-0.2, -0.15) is 0 Å². The first kappa shape index (κ1) is 13.8. The van der Waals surface area contributed by atoms with Crippen LogP contribution in [0.3, 0.4) is 0 Å². The highest BCUT2D eigenvalue weighted by molar-refractivity contribution is 5.94. The zero-order chi connectivity index (χ0) is 14.0. The number of amides is 1. The first-order valence-corrected chi connectivity index (χ1v) is 6.54. The van der Waals surface area contributed by atoms with Gasteiger partial charge in [-0.05, 0) is 37.8 Å². The number of nitrogens with one attached hydrogen (secondary N) is 1. The Labute approximate surface area is 111 Å². The van der Waals surface area contributed by atoms with Crippen molar-refractivity contribution >= 4 is 11.6 Å². The summed E-state index contributed by atoms with van der Waals surface area (Å²) < 4.78 is 26.6. The van der Waals surface area contributed by atoms with Crippen molar-refractivity contribution < 1.29 is 13.6 Å². The van der Waals surface area contributed by atoms with E-state index in [-0.39, 0.29) is 11.6 Å². The molecule has 1 amide bonds. The molecule has 5 heteroatoms. The number of nitrogen functional groups attached to an aromatic ring is 1. The van der Waals surface area contributed by atoms with Gasteiger partial charge in [0.1, 0.15) is 17.3 Å². The minimum Gasteiger partial charge on any atom is -0.394 e. The summed E-state index contributed by atoms with van der Waals surface area (Å²) in [6.07, 6.45) is 4.53. The molecule has 0 heterocycles. The van der Waals surface area contributed by atoms with Gasteiger partial charge in [-0.3, -0.25) is 4.79 Å². The van der Waals surface area contributed by atoms with E-state index in [0.29, 0.717) is 5.92 Å². The average Bonchev–Trinajstić information content (AvgIpc) is 2.89. The third kappa shape index (κ3) is 3.03. The van der Waals surface area contributed by atoms with Gasteiger partial charge < -0.3 is 11.1 Å². The first-order chi connectivity index (χ1) is 8.99. The Kier molecular flexibility index (Phi) is 4.02. The Bertz CT molecular complexity index is 461. The molecule has 1 unspecified atom stereocenters. The second-order valence-electron chi connectivity index (χ2n) is 5.16. The zero-order valence-electron chi connectivity index (χ0n) is 10.9. The van der Waals surface area contributed by atoms with Crippen molar-refractivity contribution in [3.63, 3.8) is 0 Å². The lowest BCUT2D eigenvalue weighted by molar-refractivity contribution is 0.0926. The second kappa shape index (κ2) is 5.55. The Morgan fingerprint density at radius 3 is 2.37 bits per heavy atom. The van der Waals surface area contributed by atoms with Crippen molar-refractivity contribution in [3.05, 3.63) is 29.3 Å². The molecule has 0 bridgehead atoms. The van der Waals surface area contributed by atoms with Crippen molar-refractivity contribution in [1.29, 1.82) is 0 Å². The molecule has 0 aliphatic heterocycles. The maximum Gasteiger partial charge on any atom is 0.251 e. The van der Waals surface area contributed by atoms with Gasteiger partial charge in [0.15, 0.2) is 0 Å². The summed E-state index contributed by atoms with van der Waals surface area (Å²) in [5.74, 6) is -1.82. The molecule has 0 radical (unpaired) electrons. The largest absolute Gasteiger partial charge is 0.394 e. The molecule has 19 heavy (non-hydrogen) atoms. The fourth-order valence-electron chi connectivity index (χ4n) is 2.58. The number of hydrogen-bond donors (Lipinski definition) is 2. The molecule has 0 spiro atoms. The lowest BCUT2D eigenvalue weighted by Gasteiger charge is -2.20. The van der Waals surface area contributed by atoms with Crippen LogP contribution in [-0.2, 0) is 0 Å². The Hall–Kier alpha value is -1.65. The number of hydrogen-bond acceptors (Lipinski definition) is 2. The summed E-state index contributed by atoms with van der Waals surface area (Å²) in [4.78, 5) is 11.9. The van der Waals surface area contributed by atoms with E-state index in [2.05, 4.69) is 5.32 Å². The predicted octanol–water partition coefficient (Wildman–Crippen LogP) is 2.86. The number of nitrogens with two attached hydrogens (primary N) is 1. The van der Waals surface area contributed by atoms with Gasteiger partial charge in [0.2, 0.25) is 0 Å². The van der Waals surface area contributed by atoms with Crippen LogP contribution >= 0.6 is 0 Å². The summed E-state index contributed by atoms with van der Waals surface area (Å²) in [6.45, 7) is 1.93. The van der Waals surface area contributed by atoms with Gasteiger partial charge >= 0.3 is 0 Å². The molecule has 0 saturated heterocycles. The van der Waals surface area contributed by atoms with E-state index < -0.39 is 23.2 Å². The van der Waals surface area contributed by atoms with Crippen molar-refractivity contribution in [2.24, 2.45) is 5.92 Å². The zero-order valence-corrected chi connectivity index (χ0v) is 10.9. The molecule has 2 rings (SSSR count). The number of halogens is 2. The maximum atomic E-state index is 13.3. The molecule has 3 nitrogen and oxygen atoms in total. The molecular formula is C14H18F2N2O. The fraction of sp³-hybridized carbons (Fsp3) is 0.500. The van der Waals surface area contributed by atoms with Crippen LogP contribution in [0.2, 0.25) is 0 Å². The van der Waals surface area contributed by atoms with Crippen LogP contribution in [-0.4, -0.2) is 11.9 Å². The monoisotopic (exact) mass is 268 g/mol. The third-order valence-corrected chi connectivity index (χ3v) is 3.81. The van der Waals surface area contributed by atoms with Gasteiger partial charge in [-0.1, -0.05) is 12.8 Å². The van der Waals surface area contributed by atoms with Crippen LogP contribution in [0.25, 0.3) is 0 Å². The molecule has 1 aliphatic rings. The third-order valence-electron chi connectivity index (χ3n) is 3.81. The number of carbonyl (C=O) groups excluding carboxylic acids is 1. The van der Waals surface area contributed by atoms with Gasteiger partial charge in [0.05, 0.1) is 0 Å². The summed E-state index contributed by atoms with van der Waals surface area (Å²) in [5, 5.41) is 2.80. The molecule has 3 N–H and O–H groups in total. The van der Waals surface area contributed by atoms with Crippen molar-refractivity contribution in [2.45, 2.75) is 38.6 Å². The quantitative estimate of drug-likeness (QED) is 0.828. The van der Waals surface area contributed by atoms with E-state index in [1.165, 1.54) is 12.8 Å². The highest BCUT2D eigenvalue weighted by Gasteiger charge is 2.23. The van der Waals surface area contributed by atoms with Crippen molar-refractivity contribution in [1.82, 2.24) is 5.32 Å². The molecular weight excluding hydrogens is 250 g/mol. The highest BCUT2D eigenvalue weighted by Crippen LogP contribution is 2.27. The molecule has 1 fully saturated rings. The van der Waals surface area contributed by atoms with Crippen LogP contribution in [0.15, 0.2) is 12.1 Å². The molecule has 1 saturated carbocycles. The second-order valence-corrected chi connectivity index (χ2v) is 5.16. The van der Waals surface area contributed by atoms with E-state index in [0.717, 1.165) is 25.0 Å². The minimum atomic E-state index is -0.904. The summed E-state index contributed by atoms with van der Waals surface area (Å²) in [5.41, 5.74) is 4.58. The molecule has 1 atom stereocenters. The maximum absolute atomic E-state index is 13.3. The smallest absolute Gasteiger partial charge is 0.251 e. The van der Waals surface area contributed by atoms with E-state index in [1.54, 1.807) is 0 Å². The SMILES string of the molecule is CC(NC(=O)c1cc(F)c(N)c(F)c1)C1CCCC1. The van der Waals surface area contributed by atoms with Crippen LogP contribution in [0.1, 0.15) is 43.0 Å². The lowest BCUT2D eigenvalue weighted by atomic mass is 9.99. The molecule has 104 valence electrons. The summed E-state index contributed by atoms with van der Waals surface area (Å²) in [7, 11) is 0. The average molecular weight is 268 g/mol. The molecule has 0 aromatic heterocycles. The normalized spacial score (nSPS) is 17.4. The Balaban J connectivity index is 2.07. The highest BCUT2D eigenvalue weighted by atomic mass is 19.1. The predicted molar refractivity (Wildman–Crippen MR) is 69.7 cm³/mol. The molecule has 1 aromatic carbocycles. The summed E-state index contributed by atoms with van der Waals surface area (Å²) >= 11 is 0. The fourth-order valence-corrected chi connectivity index (χ4v) is 2.58. The standard InChI is InChI=1S/C14H18F2N2O/c1-8(9-4-2-3-5-9)18-14(19)10-6-11(15)13(17)12(16)7-10/h6-9H,2-5,17H2,1H3,(H,18,19). The minimum absolute atomic E-state index is 0.0127. The number of rotatable bonds is 3. The van der Waals surface area contributed by atoms with Crippen LogP contribution in [0.4, 0.5) is 14.5 Å². The van der Waals surface area contributed by atoms with E-state index in [1.807, 2.05) is 6.92 Å². The number of benzene rings is 1. The lowest BCUT2D eigenvalue weighted by Crippen LogP contribution is -2.37. The first-order valence-electron chi connectivity index (χ1n) is 6.54. The van der Waals surface area contributed by atoms with Gasteiger partial charge in [-0.25, -0.2) is 8.78 Å². The van der Waals surface area contributed by atoms with Gasteiger partial charge in [-0.15, -0.1) is 0 Å². The Morgan fingerprint density at radius 2 is 1.84 bits per heavy atom.